The van der Waals surface area contributed by atoms with E-state index in [4.69, 9.17) is 9.47 Å². The first kappa shape index (κ1) is 21.1. The third kappa shape index (κ3) is 7.42. The van der Waals surface area contributed by atoms with Crippen molar-refractivity contribution in [1.29, 1.82) is 0 Å². The molecular weight excluding hydrogens is 352 g/mol. The number of ether oxygens (including phenoxy) is 2. The van der Waals surface area contributed by atoms with E-state index in [9.17, 15) is 4.79 Å². The second-order valence-corrected chi connectivity index (χ2v) is 8.24. The molecule has 5 heteroatoms. The summed E-state index contributed by atoms with van der Waals surface area (Å²) >= 11 is 0. The molecule has 1 saturated heterocycles. The monoisotopic (exact) mass is 388 g/mol. The van der Waals surface area contributed by atoms with Crippen molar-refractivity contribution in [2.75, 3.05) is 13.2 Å². The summed E-state index contributed by atoms with van der Waals surface area (Å²) in [5.41, 5.74) is 0.616. The van der Waals surface area contributed by atoms with Crippen molar-refractivity contribution in [3.63, 3.8) is 0 Å². The van der Waals surface area contributed by atoms with Crippen LogP contribution in [0.3, 0.4) is 0 Å². The highest BCUT2D eigenvalue weighted by Gasteiger charge is 2.17. The maximum Gasteiger partial charge on any atom is 0.253 e. The summed E-state index contributed by atoms with van der Waals surface area (Å²) in [6.45, 7) is 1.49. The number of hydrogen-bond acceptors (Lipinski definition) is 4. The van der Waals surface area contributed by atoms with Crippen molar-refractivity contribution in [2.24, 2.45) is 0 Å². The normalized spacial score (nSPS) is 21.3. The molecule has 1 aliphatic carbocycles. The lowest BCUT2D eigenvalue weighted by molar-refractivity contribution is 0.0237. The number of carbonyl (C=O) groups is 1. The Labute approximate surface area is 169 Å². The maximum absolute atomic E-state index is 12.7. The number of hydrogen-bond donors (Lipinski definition) is 1. The van der Waals surface area contributed by atoms with Gasteiger partial charge in [-0.25, -0.2) is 4.98 Å². The van der Waals surface area contributed by atoms with Crippen LogP contribution in [-0.2, 0) is 4.74 Å². The molecule has 2 aliphatic rings. The topological polar surface area (TPSA) is 60.5 Å². The molecule has 3 rings (SSSR count). The third-order valence-electron chi connectivity index (χ3n) is 5.89. The van der Waals surface area contributed by atoms with Gasteiger partial charge in [-0.2, -0.15) is 0 Å². The van der Waals surface area contributed by atoms with Crippen LogP contribution < -0.4 is 10.1 Å². The van der Waals surface area contributed by atoms with Crippen molar-refractivity contribution in [3.8, 4) is 5.88 Å². The van der Waals surface area contributed by atoms with Gasteiger partial charge in [0.05, 0.1) is 18.8 Å². The zero-order valence-corrected chi connectivity index (χ0v) is 17.2. The van der Waals surface area contributed by atoms with E-state index >= 15 is 0 Å². The summed E-state index contributed by atoms with van der Waals surface area (Å²) in [5.74, 6) is 0.580. The van der Waals surface area contributed by atoms with Gasteiger partial charge in [-0.05, 0) is 18.9 Å². The van der Waals surface area contributed by atoms with Crippen LogP contribution in [0.2, 0.25) is 0 Å². The average Bonchev–Trinajstić information content (AvgIpc) is 2.71. The van der Waals surface area contributed by atoms with Crippen molar-refractivity contribution >= 4 is 5.91 Å². The first-order chi connectivity index (χ1) is 13.8. The number of carbonyl (C=O) groups excluding carboxylic acids is 1. The summed E-state index contributed by atoms with van der Waals surface area (Å²) in [5, 5.41) is 3.25. The van der Waals surface area contributed by atoms with Crippen LogP contribution in [0.5, 0.6) is 5.88 Å². The zero-order chi connectivity index (χ0) is 19.4. The van der Waals surface area contributed by atoms with Crippen molar-refractivity contribution < 1.29 is 14.3 Å². The molecule has 156 valence electrons. The van der Waals surface area contributed by atoms with Crippen LogP contribution in [0.15, 0.2) is 18.3 Å². The molecular formula is C23H36N2O3. The summed E-state index contributed by atoms with van der Waals surface area (Å²) in [6.07, 6.45) is 17.5. The van der Waals surface area contributed by atoms with Crippen LogP contribution in [-0.4, -0.2) is 36.3 Å². The van der Waals surface area contributed by atoms with Crippen LogP contribution in [0.4, 0.5) is 0 Å². The van der Waals surface area contributed by atoms with Gasteiger partial charge in [0.25, 0.3) is 5.91 Å². The predicted molar refractivity (Wildman–Crippen MR) is 111 cm³/mol. The number of nitrogens with zero attached hydrogens (tertiary/aromatic N) is 1. The lowest BCUT2D eigenvalue weighted by Crippen LogP contribution is -2.35. The first-order valence-corrected chi connectivity index (χ1v) is 11.3. The Kier molecular flexibility index (Phi) is 9.08. The average molecular weight is 389 g/mol. The smallest absolute Gasteiger partial charge is 0.253 e. The quantitative estimate of drug-likeness (QED) is 0.785. The molecule has 0 aromatic carbocycles. The molecule has 0 unspecified atom stereocenters. The highest BCUT2D eigenvalue weighted by atomic mass is 16.5. The maximum atomic E-state index is 12.7. The molecule has 5 nitrogen and oxygen atoms in total. The predicted octanol–water partition coefficient (Wildman–Crippen LogP) is 5.04. The fourth-order valence-corrected chi connectivity index (χ4v) is 4.13. The Bertz CT molecular complexity index is 558. The van der Waals surface area contributed by atoms with Gasteiger partial charge in [0.2, 0.25) is 5.88 Å². The molecule has 28 heavy (non-hydrogen) atoms. The summed E-state index contributed by atoms with van der Waals surface area (Å²) in [4.78, 5) is 17.0. The Morgan fingerprint density at radius 3 is 2.07 bits per heavy atom. The third-order valence-corrected chi connectivity index (χ3v) is 5.89. The first-order valence-electron chi connectivity index (χ1n) is 11.3. The zero-order valence-electron chi connectivity index (χ0n) is 17.2. The van der Waals surface area contributed by atoms with E-state index in [-0.39, 0.29) is 18.1 Å². The van der Waals surface area contributed by atoms with E-state index < -0.39 is 0 Å². The lowest BCUT2D eigenvalue weighted by atomic mass is 9.98. The molecule has 0 spiro atoms. The van der Waals surface area contributed by atoms with E-state index in [1.165, 1.54) is 57.8 Å². The fourth-order valence-electron chi connectivity index (χ4n) is 4.13. The van der Waals surface area contributed by atoms with E-state index in [0.29, 0.717) is 11.4 Å². The van der Waals surface area contributed by atoms with Gasteiger partial charge in [-0.15, -0.1) is 0 Å². The molecule has 0 atom stereocenters. The molecule has 0 bridgehead atoms. The number of pyridine rings is 1. The lowest BCUT2D eigenvalue weighted by Gasteiger charge is -2.22. The van der Waals surface area contributed by atoms with E-state index in [2.05, 4.69) is 10.3 Å². The van der Waals surface area contributed by atoms with Crippen molar-refractivity contribution in [2.45, 2.75) is 95.6 Å². The highest BCUT2D eigenvalue weighted by Crippen LogP contribution is 2.18. The van der Waals surface area contributed by atoms with Gasteiger partial charge >= 0.3 is 0 Å². The van der Waals surface area contributed by atoms with Crippen LogP contribution in [0.25, 0.3) is 0 Å². The Balaban J connectivity index is 1.48. The number of rotatable bonds is 4. The van der Waals surface area contributed by atoms with Crippen LogP contribution in [0, 0.1) is 0 Å². The molecule has 2 heterocycles. The number of nitrogens with one attached hydrogen (secondary N) is 1. The molecule has 1 saturated carbocycles. The summed E-state index contributed by atoms with van der Waals surface area (Å²) in [7, 11) is 0. The molecule has 1 N–H and O–H groups in total. The largest absolute Gasteiger partial charge is 0.474 e. The van der Waals surface area contributed by atoms with Gasteiger partial charge in [0, 0.05) is 31.1 Å². The van der Waals surface area contributed by atoms with Crippen molar-refractivity contribution in [1.82, 2.24) is 10.3 Å². The van der Waals surface area contributed by atoms with Gasteiger partial charge in [-0.1, -0.05) is 57.8 Å². The Hall–Kier alpha value is -1.62. The van der Waals surface area contributed by atoms with Crippen molar-refractivity contribution in [3.05, 3.63) is 23.9 Å². The second kappa shape index (κ2) is 12.1. The number of aromatic nitrogens is 1. The summed E-state index contributed by atoms with van der Waals surface area (Å²) < 4.78 is 11.2. The van der Waals surface area contributed by atoms with Crippen LogP contribution in [0.1, 0.15) is 93.8 Å². The minimum atomic E-state index is -0.0118. The van der Waals surface area contributed by atoms with Crippen LogP contribution >= 0.6 is 0 Å². The standard InChI is InChI=1S/C23H36N2O3/c26-23(25-20-10-8-6-4-2-1-3-5-7-9-11-20)19-12-13-22(24-18-19)28-21-14-16-27-17-15-21/h12-13,18,20-21H,1-11,14-17H2,(H,25,26). The van der Waals surface area contributed by atoms with Gasteiger partial charge < -0.3 is 14.8 Å². The molecule has 1 aromatic rings. The van der Waals surface area contributed by atoms with Gasteiger partial charge in [0.1, 0.15) is 6.10 Å². The highest BCUT2D eigenvalue weighted by molar-refractivity contribution is 5.94. The Morgan fingerprint density at radius 2 is 1.50 bits per heavy atom. The molecule has 2 fully saturated rings. The minimum Gasteiger partial charge on any atom is -0.474 e. The van der Waals surface area contributed by atoms with Gasteiger partial charge in [-0.3, -0.25) is 4.79 Å². The fraction of sp³-hybridized carbons (Fsp3) is 0.739. The minimum absolute atomic E-state index is 0.0118. The van der Waals surface area contributed by atoms with E-state index in [1.54, 1.807) is 6.20 Å². The van der Waals surface area contributed by atoms with E-state index in [0.717, 1.165) is 38.9 Å². The van der Waals surface area contributed by atoms with E-state index in [1.807, 2.05) is 12.1 Å². The second-order valence-electron chi connectivity index (χ2n) is 8.24. The summed E-state index contributed by atoms with van der Waals surface area (Å²) in [6, 6.07) is 3.92. The molecule has 1 aromatic heterocycles. The molecule has 1 aliphatic heterocycles. The SMILES string of the molecule is O=C(NC1CCCCCCCCCCC1)c1ccc(OC2CCOCC2)nc1. The number of amides is 1. The Morgan fingerprint density at radius 1 is 0.893 bits per heavy atom. The molecule has 1 amide bonds. The molecule has 0 radical (unpaired) electrons. The van der Waals surface area contributed by atoms with Gasteiger partial charge in [0.15, 0.2) is 0 Å².